The maximum absolute atomic E-state index is 13.5. The van der Waals surface area contributed by atoms with Crippen LogP contribution in [-0.4, -0.2) is 44.5 Å². The molecule has 1 heterocycles. The molecule has 1 N–H and O–H groups in total. The molecular weight excluding hydrogens is 291 g/mol. The van der Waals surface area contributed by atoms with Gasteiger partial charge >= 0.3 is 11.7 Å². The van der Waals surface area contributed by atoms with E-state index in [2.05, 4.69) is 0 Å². The molecule has 1 aromatic rings. The van der Waals surface area contributed by atoms with Crippen molar-refractivity contribution >= 4 is 29.3 Å². The summed E-state index contributed by atoms with van der Waals surface area (Å²) >= 11 is 1.28. The highest BCUT2D eigenvalue weighted by molar-refractivity contribution is 7.99. The van der Waals surface area contributed by atoms with Crippen LogP contribution in [-0.2, 0) is 4.79 Å². The second-order valence-corrected chi connectivity index (χ2v) is 5.05. The molecule has 1 aromatic carbocycles. The van der Waals surface area contributed by atoms with Crippen molar-refractivity contribution < 1.29 is 24.0 Å². The lowest BCUT2D eigenvalue weighted by atomic mass is 10.1. The zero-order valence-electron chi connectivity index (χ0n) is 9.98. The van der Waals surface area contributed by atoms with Crippen molar-refractivity contribution in [2.45, 2.75) is 6.04 Å². The first-order valence-electron chi connectivity index (χ1n) is 5.47. The highest BCUT2D eigenvalue weighted by Gasteiger charge is 2.35. The van der Waals surface area contributed by atoms with Gasteiger partial charge in [-0.05, 0) is 12.1 Å². The van der Waals surface area contributed by atoms with Gasteiger partial charge in [0, 0.05) is 17.4 Å². The smallest absolute Gasteiger partial charge is 0.327 e. The lowest BCUT2D eigenvalue weighted by Crippen LogP contribution is -2.41. The molecule has 1 saturated heterocycles. The second kappa shape index (κ2) is 5.45. The molecule has 1 amide bonds. The van der Waals surface area contributed by atoms with Gasteiger partial charge in [0.15, 0.2) is 0 Å². The Labute approximate surface area is 116 Å². The average molecular weight is 300 g/mol. The molecule has 7 nitrogen and oxygen atoms in total. The monoisotopic (exact) mass is 300 g/mol. The largest absolute Gasteiger partial charge is 0.480 e. The summed E-state index contributed by atoms with van der Waals surface area (Å²) < 4.78 is 13.5. The van der Waals surface area contributed by atoms with Gasteiger partial charge in [-0.15, -0.1) is 11.8 Å². The first-order chi connectivity index (χ1) is 9.41. The molecular formula is C11H9FN2O5S. The van der Waals surface area contributed by atoms with Gasteiger partial charge in [-0.2, -0.15) is 4.39 Å². The van der Waals surface area contributed by atoms with Crippen LogP contribution in [0.15, 0.2) is 18.2 Å². The molecule has 0 saturated carbocycles. The van der Waals surface area contributed by atoms with Crippen molar-refractivity contribution in [2.75, 3.05) is 11.6 Å². The molecule has 0 radical (unpaired) electrons. The Hall–Kier alpha value is -2.16. The first-order valence-corrected chi connectivity index (χ1v) is 6.62. The molecule has 1 aliphatic heterocycles. The van der Waals surface area contributed by atoms with E-state index in [4.69, 9.17) is 5.11 Å². The van der Waals surface area contributed by atoms with Crippen LogP contribution in [0.25, 0.3) is 0 Å². The van der Waals surface area contributed by atoms with Gasteiger partial charge in [-0.1, -0.05) is 0 Å². The number of benzene rings is 1. The van der Waals surface area contributed by atoms with Gasteiger partial charge in [0.25, 0.3) is 5.91 Å². The second-order valence-electron chi connectivity index (χ2n) is 4.05. The summed E-state index contributed by atoms with van der Waals surface area (Å²) in [6.45, 7) is 0. The number of amides is 1. The van der Waals surface area contributed by atoms with Crippen LogP contribution in [0.2, 0.25) is 0 Å². The number of nitrogens with zero attached hydrogens (tertiary/aromatic N) is 2. The summed E-state index contributed by atoms with van der Waals surface area (Å²) in [4.78, 5) is 33.8. The normalized spacial score (nSPS) is 18.1. The third-order valence-electron chi connectivity index (χ3n) is 2.82. The molecule has 2 rings (SSSR count). The minimum atomic E-state index is -1.13. The van der Waals surface area contributed by atoms with E-state index in [-0.39, 0.29) is 17.2 Å². The van der Waals surface area contributed by atoms with Crippen LogP contribution in [0, 0.1) is 15.9 Å². The van der Waals surface area contributed by atoms with Gasteiger partial charge in [-0.3, -0.25) is 14.9 Å². The minimum Gasteiger partial charge on any atom is -0.480 e. The number of carboxylic acids is 1. The highest BCUT2D eigenvalue weighted by Crippen LogP contribution is 2.25. The van der Waals surface area contributed by atoms with Crippen LogP contribution in [0.1, 0.15) is 10.4 Å². The maximum Gasteiger partial charge on any atom is 0.327 e. The minimum absolute atomic E-state index is 0.109. The van der Waals surface area contributed by atoms with E-state index >= 15 is 0 Å². The van der Waals surface area contributed by atoms with Crippen LogP contribution < -0.4 is 0 Å². The fourth-order valence-corrected chi connectivity index (χ4v) is 2.95. The van der Waals surface area contributed by atoms with E-state index in [0.717, 1.165) is 23.1 Å². The lowest BCUT2D eigenvalue weighted by molar-refractivity contribution is -0.387. The Kier molecular flexibility index (Phi) is 3.89. The topological polar surface area (TPSA) is 101 Å². The third kappa shape index (κ3) is 2.57. The number of carbonyl (C=O) groups is 2. The maximum atomic E-state index is 13.5. The van der Waals surface area contributed by atoms with E-state index in [0.29, 0.717) is 0 Å². The fourth-order valence-electron chi connectivity index (χ4n) is 1.80. The molecule has 0 aromatic heterocycles. The molecule has 1 fully saturated rings. The predicted octanol–water partition coefficient (Wildman–Crippen LogP) is 1.33. The number of hydrogen-bond donors (Lipinski definition) is 1. The highest BCUT2D eigenvalue weighted by atomic mass is 32.2. The zero-order valence-corrected chi connectivity index (χ0v) is 10.8. The van der Waals surface area contributed by atoms with Gasteiger partial charge in [0.05, 0.1) is 10.8 Å². The molecule has 0 spiro atoms. The number of aliphatic carboxylic acids is 1. The Morgan fingerprint density at radius 3 is 2.75 bits per heavy atom. The lowest BCUT2D eigenvalue weighted by Gasteiger charge is -2.20. The molecule has 1 unspecified atom stereocenters. The number of rotatable bonds is 3. The molecule has 106 valence electrons. The Balaban J connectivity index is 2.27. The number of carboxylic acid groups (broad SMARTS) is 1. The van der Waals surface area contributed by atoms with Crippen LogP contribution in [0.3, 0.4) is 0 Å². The SMILES string of the molecule is O=C(O)C1CSCN1C(=O)c1ccc([N+](=O)[O-])c(F)c1. The van der Waals surface area contributed by atoms with Crippen LogP contribution in [0.4, 0.5) is 10.1 Å². The number of thioether (sulfide) groups is 1. The molecule has 9 heteroatoms. The standard InChI is InChI=1S/C11H9FN2O5S/c12-7-3-6(1-2-8(7)14(18)19)10(15)13-5-20-4-9(13)11(16)17/h1-3,9H,4-5H2,(H,16,17). The summed E-state index contributed by atoms with van der Waals surface area (Å²) in [6, 6.07) is 1.79. The zero-order chi connectivity index (χ0) is 14.9. The van der Waals surface area contributed by atoms with Crippen molar-refractivity contribution in [3.63, 3.8) is 0 Å². The third-order valence-corrected chi connectivity index (χ3v) is 3.83. The number of halogens is 1. The fraction of sp³-hybridized carbons (Fsp3) is 0.273. The average Bonchev–Trinajstić information content (AvgIpc) is 2.86. The van der Waals surface area contributed by atoms with E-state index in [1.54, 1.807) is 0 Å². The van der Waals surface area contributed by atoms with E-state index in [9.17, 15) is 24.1 Å². The molecule has 1 atom stereocenters. The van der Waals surface area contributed by atoms with Crippen molar-refractivity contribution in [1.82, 2.24) is 4.90 Å². The number of hydrogen-bond acceptors (Lipinski definition) is 5. The van der Waals surface area contributed by atoms with Gasteiger partial charge in [-0.25, -0.2) is 4.79 Å². The Bertz CT molecular complexity index is 594. The van der Waals surface area contributed by atoms with Crippen molar-refractivity contribution in [2.24, 2.45) is 0 Å². The molecule has 1 aliphatic rings. The summed E-state index contributed by atoms with van der Waals surface area (Å²) in [7, 11) is 0. The molecule has 0 bridgehead atoms. The quantitative estimate of drug-likeness (QED) is 0.667. The van der Waals surface area contributed by atoms with Gasteiger partial charge in [0.2, 0.25) is 5.82 Å². The van der Waals surface area contributed by atoms with E-state index < -0.39 is 34.3 Å². The van der Waals surface area contributed by atoms with E-state index in [1.165, 1.54) is 11.8 Å². The number of carbonyl (C=O) groups excluding carboxylic acids is 1. The Morgan fingerprint density at radius 2 is 2.20 bits per heavy atom. The summed E-state index contributed by atoms with van der Waals surface area (Å²) in [5.41, 5.74) is -0.839. The van der Waals surface area contributed by atoms with Crippen molar-refractivity contribution in [3.05, 3.63) is 39.7 Å². The first kappa shape index (κ1) is 14.3. The van der Waals surface area contributed by atoms with Crippen molar-refractivity contribution in [1.29, 1.82) is 0 Å². The van der Waals surface area contributed by atoms with Crippen LogP contribution in [0.5, 0.6) is 0 Å². The molecule has 20 heavy (non-hydrogen) atoms. The summed E-state index contributed by atoms with van der Waals surface area (Å²) in [6.07, 6.45) is 0. The van der Waals surface area contributed by atoms with E-state index in [1.807, 2.05) is 0 Å². The number of nitro benzene ring substituents is 1. The van der Waals surface area contributed by atoms with Crippen molar-refractivity contribution in [3.8, 4) is 0 Å². The number of nitro groups is 1. The summed E-state index contributed by atoms with van der Waals surface area (Å²) in [5.74, 6) is -2.47. The molecule has 0 aliphatic carbocycles. The predicted molar refractivity (Wildman–Crippen MR) is 68.0 cm³/mol. The van der Waals surface area contributed by atoms with Gasteiger partial charge in [0.1, 0.15) is 6.04 Å². The summed E-state index contributed by atoms with van der Waals surface area (Å²) in [5, 5.41) is 19.5. The van der Waals surface area contributed by atoms with Gasteiger partial charge < -0.3 is 10.0 Å². The van der Waals surface area contributed by atoms with Crippen LogP contribution >= 0.6 is 11.8 Å². The Morgan fingerprint density at radius 1 is 1.50 bits per heavy atom.